The number of carbonyl (C=O) groups is 1. The van der Waals surface area contributed by atoms with Gasteiger partial charge in [-0.15, -0.1) is 0 Å². The normalized spacial score (nSPS) is 25.1. The van der Waals surface area contributed by atoms with Gasteiger partial charge >= 0.3 is 0 Å². The zero-order valence-electron chi connectivity index (χ0n) is 7.08. The molecule has 1 aliphatic carbocycles. The fourth-order valence-corrected chi connectivity index (χ4v) is 1.72. The Morgan fingerprint density at radius 2 is 2.08 bits per heavy atom. The van der Waals surface area contributed by atoms with Gasteiger partial charge in [0.1, 0.15) is 0 Å². The van der Waals surface area contributed by atoms with Crippen LogP contribution in [0.25, 0.3) is 0 Å². The molecule has 0 N–H and O–H groups in total. The van der Waals surface area contributed by atoms with E-state index < -0.39 is 0 Å². The molecule has 62 valence electrons. The molecule has 0 aromatic heterocycles. The first-order valence-electron chi connectivity index (χ1n) is 4.17. The van der Waals surface area contributed by atoms with Crippen LogP contribution in [0.5, 0.6) is 0 Å². The third kappa shape index (κ3) is 0.951. The average molecular weight is 161 g/mol. The van der Waals surface area contributed by atoms with E-state index in [1.807, 2.05) is 19.1 Å². The van der Waals surface area contributed by atoms with E-state index in [-0.39, 0.29) is 11.2 Å². The standard InChI is InChI=1S/C10H11NO/c1-8-10(6-7-11-8)4-2-9(12)3-5-10/h2-5H,6-7H2,1H3. The molecule has 2 nitrogen and oxygen atoms in total. The fraction of sp³-hybridized carbons (Fsp3) is 0.400. The molecule has 0 saturated heterocycles. The number of rotatable bonds is 0. The van der Waals surface area contributed by atoms with Gasteiger partial charge in [-0.05, 0) is 25.5 Å². The van der Waals surface area contributed by atoms with E-state index in [0.717, 1.165) is 18.7 Å². The molecule has 2 aliphatic rings. The summed E-state index contributed by atoms with van der Waals surface area (Å²) in [6, 6.07) is 0. The number of hydrogen-bond acceptors (Lipinski definition) is 2. The summed E-state index contributed by atoms with van der Waals surface area (Å²) in [5, 5.41) is 0. The third-order valence-electron chi connectivity index (χ3n) is 2.64. The van der Waals surface area contributed by atoms with E-state index in [1.165, 1.54) is 0 Å². The van der Waals surface area contributed by atoms with E-state index in [1.54, 1.807) is 12.2 Å². The summed E-state index contributed by atoms with van der Waals surface area (Å²) >= 11 is 0. The largest absolute Gasteiger partial charge is 0.293 e. The molecule has 12 heavy (non-hydrogen) atoms. The van der Waals surface area contributed by atoms with Gasteiger partial charge < -0.3 is 0 Å². The van der Waals surface area contributed by atoms with E-state index in [0.29, 0.717) is 0 Å². The highest BCUT2D eigenvalue weighted by atomic mass is 16.1. The van der Waals surface area contributed by atoms with Crippen molar-refractivity contribution >= 4 is 11.5 Å². The van der Waals surface area contributed by atoms with Gasteiger partial charge in [0.2, 0.25) is 0 Å². The lowest BCUT2D eigenvalue weighted by molar-refractivity contribution is -0.110. The highest BCUT2D eigenvalue weighted by Crippen LogP contribution is 2.34. The number of allylic oxidation sites excluding steroid dienone is 4. The maximum absolute atomic E-state index is 10.9. The summed E-state index contributed by atoms with van der Waals surface area (Å²) in [4.78, 5) is 15.2. The third-order valence-corrected chi connectivity index (χ3v) is 2.64. The molecule has 0 fully saturated rings. The predicted octanol–water partition coefficient (Wildman–Crippen LogP) is 1.53. The van der Waals surface area contributed by atoms with Crippen LogP contribution in [-0.4, -0.2) is 18.0 Å². The van der Waals surface area contributed by atoms with Crippen LogP contribution in [0.3, 0.4) is 0 Å². The first-order valence-corrected chi connectivity index (χ1v) is 4.17. The maximum atomic E-state index is 10.9. The molecule has 1 aliphatic heterocycles. The van der Waals surface area contributed by atoms with Crippen molar-refractivity contribution in [1.82, 2.24) is 0 Å². The Bertz CT molecular complexity index is 294. The van der Waals surface area contributed by atoms with Crippen molar-refractivity contribution in [2.75, 3.05) is 6.54 Å². The van der Waals surface area contributed by atoms with Crippen LogP contribution in [-0.2, 0) is 4.79 Å². The van der Waals surface area contributed by atoms with Crippen molar-refractivity contribution < 1.29 is 4.79 Å². The lowest BCUT2D eigenvalue weighted by Gasteiger charge is -2.22. The van der Waals surface area contributed by atoms with Gasteiger partial charge in [-0.1, -0.05) is 12.2 Å². The molecule has 0 saturated carbocycles. The maximum Gasteiger partial charge on any atom is 0.178 e. The zero-order valence-corrected chi connectivity index (χ0v) is 7.08. The smallest absolute Gasteiger partial charge is 0.178 e. The van der Waals surface area contributed by atoms with Crippen LogP contribution in [0.1, 0.15) is 13.3 Å². The SMILES string of the molecule is CC1=NCCC12C=CC(=O)C=C2. The van der Waals surface area contributed by atoms with Crippen LogP contribution >= 0.6 is 0 Å². The summed E-state index contributed by atoms with van der Waals surface area (Å²) in [5.74, 6) is 0.0836. The minimum Gasteiger partial charge on any atom is -0.293 e. The van der Waals surface area contributed by atoms with Crippen LogP contribution in [0.2, 0.25) is 0 Å². The van der Waals surface area contributed by atoms with Gasteiger partial charge in [0, 0.05) is 17.7 Å². The monoisotopic (exact) mass is 161 g/mol. The molecule has 0 aromatic carbocycles. The summed E-state index contributed by atoms with van der Waals surface area (Å²) in [7, 11) is 0. The molecular weight excluding hydrogens is 150 g/mol. The molecule has 1 heterocycles. The van der Waals surface area contributed by atoms with Gasteiger partial charge in [0.25, 0.3) is 0 Å². The van der Waals surface area contributed by atoms with E-state index >= 15 is 0 Å². The van der Waals surface area contributed by atoms with Gasteiger partial charge in [-0.25, -0.2) is 0 Å². The first kappa shape index (κ1) is 7.47. The van der Waals surface area contributed by atoms with Crippen LogP contribution in [0, 0.1) is 5.41 Å². The van der Waals surface area contributed by atoms with E-state index in [2.05, 4.69) is 4.99 Å². The van der Waals surface area contributed by atoms with Crippen molar-refractivity contribution in [3.63, 3.8) is 0 Å². The number of ketones is 1. The molecular formula is C10H11NO. The summed E-state index contributed by atoms with van der Waals surface area (Å²) < 4.78 is 0. The Balaban J connectivity index is 2.36. The molecule has 0 atom stereocenters. The fourth-order valence-electron chi connectivity index (χ4n) is 1.72. The molecule has 0 bridgehead atoms. The van der Waals surface area contributed by atoms with Crippen molar-refractivity contribution in [2.24, 2.45) is 10.4 Å². The number of aliphatic imine (C=N–C) groups is 1. The second-order valence-corrected chi connectivity index (χ2v) is 3.33. The molecule has 0 aromatic rings. The Labute approximate surface area is 71.7 Å². The Hall–Kier alpha value is -1.18. The molecule has 0 unspecified atom stereocenters. The lowest BCUT2D eigenvalue weighted by atomic mass is 9.79. The van der Waals surface area contributed by atoms with Crippen LogP contribution in [0.4, 0.5) is 0 Å². The summed E-state index contributed by atoms with van der Waals surface area (Å²) in [6.07, 6.45) is 8.25. The molecule has 0 radical (unpaired) electrons. The summed E-state index contributed by atoms with van der Waals surface area (Å²) in [5.41, 5.74) is 1.11. The van der Waals surface area contributed by atoms with Crippen molar-refractivity contribution in [3.8, 4) is 0 Å². The quantitative estimate of drug-likeness (QED) is 0.529. The van der Waals surface area contributed by atoms with Gasteiger partial charge in [0.15, 0.2) is 5.78 Å². The van der Waals surface area contributed by atoms with E-state index in [4.69, 9.17) is 0 Å². The van der Waals surface area contributed by atoms with E-state index in [9.17, 15) is 4.79 Å². The summed E-state index contributed by atoms with van der Waals surface area (Å²) in [6.45, 7) is 2.91. The molecule has 1 spiro atoms. The lowest BCUT2D eigenvalue weighted by Crippen LogP contribution is -2.23. The molecule has 2 rings (SSSR count). The second-order valence-electron chi connectivity index (χ2n) is 3.33. The van der Waals surface area contributed by atoms with Crippen LogP contribution < -0.4 is 0 Å². The van der Waals surface area contributed by atoms with Crippen LogP contribution in [0.15, 0.2) is 29.3 Å². The Morgan fingerprint density at radius 3 is 2.58 bits per heavy atom. The van der Waals surface area contributed by atoms with Gasteiger partial charge in [-0.3, -0.25) is 9.79 Å². The average Bonchev–Trinajstić information content (AvgIpc) is 2.41. The van der Waals surface area contributed by atoms with Crippen molar-refractivity contribution in [1.29, 1.82) is 0 Å². The first-order chi connectivity index (χ1) is 5.73. The minimum absolute atomic E-state index is 0.0199. The van der Waals surface area contributed by atoms with Gasteiger partial charge in [0.05, 0.1) is 0 Å². The highest BCUT2D eigenvalue weighted by molar-refractivity contribution is 6.04. The molecule has 0 amide bonds. The minimum atomic E-state index is -0.0199. The Morgan fingerprint density at radius 1 is 1.42 bits per heavy atom. The topological polar surface area (TPSA) is 29.4 Å². The Kier molecular flexibility index (Phi) is 1.50. The number of nitrogens with zero attached hydrogens (tertiary/aromatic N) is 1. The van der Waals surface area contributed by atoms with Gasteiger partial charge in [-0.2, -0.15) is 0 Å². The highest BCUT2D eigenvalue weighted by Gasteiger charge is 2.32. The van der Waals surface area contributed by atoms with Crippen molar-refractivity contribution in [3.05, 3.63) is 24.3 Å². The number of carbonyl (C=O) groups excluding carboxylic acids is 1. The predicted molar refractivity (Wildman–Crippen MR) is 48.3 cm³/mol. The second kappa shape index (κ2) is 2.41. The number of hydrogen-bond donors (Lipinski definition) is 0. The molecule has 2 heteroatoms. The van der Waals surface area contributed by atoms with Crippen molar-refractivity contribution in [2.45, 2.75) is 13.3 Å². The zero-order chi connectivity index (χ0) is 8.60.